The van der Waals surface area contributed by atoms with Crippen molar-refractivity contribution in [3.05, 3.63) is 66.2 Å². The molecule has 0 saturated heterocycles. The minimum atomic E-state index is 1.19. The largest absolute Gasteiger partial charge is 0.0984 e. The SMILES string of the molecule is C=Cc1ccccc1Sc1ccccc1C. The highest BCUT2D eigenvalue weighted by molar-refractivity contribution is 7.99. The minimum Gasteiger partial charge on any atom is -0.0984 e. The molecule has 1 heteroatoms. The molecule has 16 heavy (non-hydrogen) atoms. The first-order chi connectivity index (χ1) is 7.81. The summed E-state index contributed by atoms with van der Waals surface area (Å²) in [6.07, 6.45) is 1.90. The van der Waals surface area contributed by atoms with E-state index in [9.17, 15) is 0 Å². The molecule has 0 fully saturated rings. The molecule has 0 unspecified atom stereocenters. The van der Waals surface area contributed by atoms with Crippen LogP contribution in [0.2, 0.25) is 0 Å². The van der Waals surface area contributed by atoms with Gasteiger partial charge in [0.15, 0.2) is 0 Å². The Labute approximate surface area is 101 Å². The van der Waals surface area contributed by atoms with Gasteiger partial charge in [0, 0.05) is 9.79 Å². The maximum Gasteiger partial charge on any atom is 0.0194 e. The van der Waals surface area contributed by atoms with Gasteiger partial charge >= 0.3 is 0 Å². The van der Waals surface area contributed by atoms with E-state index in [1.54, 1.807) is 11.8 Å². The van der Waals surface area contributed by atoms with Crippen molar-refractivity contribution >= 4 is 17.8 Å². The average molecular weight is 226 g/mol. The second kappa shape index (κ2) is 5.04. The van der Waals surface area contributed by atoms with E-state index in [0.29, 0.717) is 0 Å². The molecule has 0 bridgehead atoms. The average Bonchev–Trinajstić information content (AvgIpc) is 2.33. The van der Waals surface area contributed by atoms with Gasteiger partial charge in [-0.3, -0.25) is 0 Å². The van der Waals surface area contributed by atoms with Gasteiger partial charge in [-0.2, -0.15) is 0 Å². The molecule has 0 saturated carbocycles. The van der Waals surface area contributed by atoms with Gasteiger partial charge in [0.2, 0.25) is 0 Å². The molecule has 0 aliphatic heterocycles. The van der Waals surface area contributed by atoms with Crippen LogP contribution in [0.25, 0.3) is 6.08 Å². The van der Waals surface area contributed by atoms with Crippen molar-refractivity contribution in [2.24, 2.45) is 0 Å². The van der Waals surface area contributed by atoms with Gasteiger partial charge in [0.1, 0.15) is 0 Å². The Morgan fingerprint density at radius 3 is 2.25 bits per heavy atom. The molecule has 0 aliphatic rings. The van der Waals surface area contributed by atoms with E-state index >= 15 is 0 Å². The summed E-state index contributed by atoms with van der Waals surface area (Å²) in [6.45, 7) is 5.98. The predicted octanol–water partition coefficient (Wildman–Crippen LogP) is 4.79. The maximum absolute atomic E-state index is 3.84. The summed E-state index contributed by atoms with van der Waals surface area (Å²) in [7, 11) is 0. The highest BCUT2D eigenvalue weighted by Gasteiger charge is 2.02. The van der Waals surface area contributed by atoms with Crippen molar-refractivity contribution < 1.29 is 0 Å². The van der Waals surface area contributed by atoms with Gasteiger partial charge in [0.05, 0.1) is 0 Å². The molecule has 0 radical (unpaired) electrons. The first kappa shape index (κ1) is 11.0. The maximum atomic E-state index is 3.84. The van der Waals surface area contributed by atoms with E-state index in [1.807, 2.05) is 12.1 Å². The smallest absolute Gasteiger partial charge is 0.0194 e. The number of aryl methyl sites for hydroxylation is 1. The van der Waals surface area contributed by atoms with Crippen LogP contribution in [0.3, 0.4) is 0 Å². The van der Waals surface area contributed by atoms with E-state index in [1.165, 1.54) is 20.9 Å². The summed E-state index contributed by atoms with van der Waals surface area (Å²) in [5.74, 6) is 0. The lowest BCUT2D eigenvalue weighted by Gasteiger charge is -2.07. The molecular formula is C15H14S. The molecule has 0 nitrogen and oxygen atoms in total. The molecule has 0 amide bonds. The number of benzene rings is 2. The fraction of sp³-hybridized carbons (Fsp3) is 0.0667. The fourth-order valence-corrected chi connectivity index (χ4v) is 2.56. The van der Waals surface area contributed by atoms with E-state index < -0.39 is 0 Å². The highest BCUT2D eigenvalue weighted by Crippen LogP contribution is 2.32. The number of hydrogen-bond donors (Lipinski definition) is 0. The second-order valence-electron chi connectivity index (χ2n) is 3.61. The lowest BCUT2D eigenvalue weighted by Crippen LogP contribution is -1.81. The van der Waals surface area contributed by atoms with Crippen molar-refractivity contribution in [2.45, 2.75) is 16.7 Å². The van der Waals surface area contributed by atoms with Crippen LogP contribution in [0.15, 0.2) is 64.9 Å². The zero-order valence-electron chi connectivity index (χ0n) is 9.31. The zero-order chi connectivity index (χ0) is 11.4. The first-order valence-corrected chi connectivity index (χ1v) is 6.08. The van der Waals surface area contributed by atoms with E-state index in [-0.39, 0.29) is 0 Å². The van der Waals surface area contributed by atoms with Crippen LogP contribution >= 0.6 is 11.8 Å². The zero-order valence-corrected chi connectivity index (χ0v) is 10.1. The predicted molar refractivity (Wildman–Crippen MR) is 71.8 cm³/mol. The van der Waals surface area contributed by atoms with E-state index in [4.69, 9.17) is 0 Å². The molecule has 0 spiro atoms. The first-order valence-electron chi connectivity index (χ1n) is 5.26. The van der Waals surface area contributed by atoms with Crippen molar-refractivity contribution in [1.29, 1.82) is 0 Å². The molecule has 2 aromatic carbocycles. The van der Waals surface area contributed by atoms with Crippen LogP contribution in [0.1, 0.15) is 11.1 Å². The summed E-state index contributed by atoms with van der Waals surface area (Å²) in [5.41, 5.74) is 2.50. The normalized spacial score (nSPS) is 10.1. The molecule has 2 rings (SSSR count). The number of hydrogen-bond acceptors (Lipinski definition) is 1. The quantitative estimate of drug-likeness (QED) is 0.725. The summed E-state index contributed by atoms with van der Waals surface area (Å²) in [4.78, 5) is 2.56. The second-order valence-corrected chi connectivity index (χ2v) is 4.69. The summed E-state index contributed by atoms with van der Waals surface area (Å²) >= 11 is 1.79. The summed E-state index contributed by atoms with van der Waals surface area (Å²) < 4.78 is 0. The Morgan fingerprint density at radius 2 is 1.56 bits per heavy atom. The fourth-order valence-electron chi connectivity index (χ4n) is 1.53. The Morgan fingerprint density at radius 1 is 0.938 bits per heavy atom. The van der Waals surface area contributed by atoms with Crippen LogP contribution in [-0.2, 0) is 0 Å². The van der Waals surface area contributed by atoms with Gasteiger partial charge in [-0.1, -0.05) is 60.8 Å². The molecule has 0 aliphatic carbocycles. The molecule has 0 heterocycles. The van der Waals surface area contributed by atoms with Gasteiger partial charge in [-0.15, -0.1) is 0 Å². The van der Waals surface area contributed by atoms with E-state index in [2.05, 4.69) is 56.0 Å². The molecule has 2 aromatic rings. The Balaban J connectivity index is 2.34. The van der Waals surface area contributed by atoms with Crippen LogP contribution in [0, 0.1) is 6.92 Å². The monoisotopic (exact) mass is 226 g/mol. The Kier molecular flexibility index (Phi) is 3.47. The molecule has 0 aromatic heterocycles. The van der Waals surface area contributed by atoms with Gasteiger partial charge in [0.25, 0.3) is 0 Å². The molecule has 0 N–H and O–H groups in total. The minimum absolute atomic E-state index is 1.19. The van der Waals surface area contributed by atoms with Gasteiger partial charge in [-0.25, -0.2) is 0 Å². The van der Waals surface area contributed by atoms with Gasteiger partial charge < -0.3 is 0 Å². The highest BCUT2D eigenvalue weighted by atomic mass is 32.2. The number of rotatable bonds is 3. The van der Waals surface area contributed by atoms with Crippen LogP contribution in [0.4, 0.5) is 0 Å². The Hall–Kier alpha value is -1.47. The lowest BCUT2D eigenvalue weighted by molar-refractivity contribution is 1.29. The van der Waals surface area contributed by atoms with Crippen LogP contribution < -0.4 is 0 Å². The van der Waals surface area contributed by atoms with Crippen molar-refractivity contribution in [3.63, 3.8) is 0 Å². The van der Waals surface area contributed by atoms with Crippen LogP contribution in [0.5, 0.6) is 0 Å². The third-order valence-electron chi connectivity index (χ3n) is 2.45. The molecular weight excluding hydrogens is 212 g/mol. The van der Waals surface area contributed by atoms with Crippen molar-refractivity contribution in [1.82, 2.24) is 0 Å². The standard InChI is InChI=1S/C15H14S/c1-3-13-9-5-7-11-15(13)16-14-10-6-4-8-12(14)2/h3-11H,1H2,2H3. The third-order valence-corrected chi connectivity index (χ3v) is 3.72. The van der Waals surface area contributed by atoms with E-state index in [0.717, 1.165) is 0 Å². The van der Waals surface area contributed by atoms with Crippen molar-refractivity contribution in [2.75, 3.05) is 0 Å². The summed E-state index contributed by atoms with van der Waals surface area (Å²) in [6, 6.07) is 16.8. The molecule has 80 valence electrons. The lowest BCUT2D eigenvalue weighted by atomic mass is 10.2. The third kappa shape index (κ3) is 2.37. The molecule has 0 atom stereocenters. The van der Waals surface area contributed by atoms with Crippen molar-refractivity contribution in [3.8, 4) is 0 Å². The Bertz CT molecular complexity index is 500. The topological polar surface area (TPSA) is 0 Å². The summed E-state index contributed by atoms with van der Waals surface area (Å²) in [5, 5.41) is 0. The van der Waals surface area contributed by atoms with Gasteiger partial charge in [-0.05, 0) is 30.2 Å². The van der Waals surface area contributed by atoms with Crippen LogP contribution in [-0.4, -0.2) is 0 Å².